The second-order valence-corrected chi connectivity index (χ2v) is 7.30. The first-order chi connectivity index (χ1) is 12.1. The van der Waals surface area contributed by atoms with Gasteiger partial charge in [0.05, 0.1) is 12.1 Å². The molecule has 130 valence electrons. The molecule has 2 aromatic rings. The molecular weight excluding hydrogens is 314 g/mol. The van der Waals surface area contributed by atoms with Gasteiger partial charge in [-0.05, 0) is 47.9 Å². The molecule has 0 aromatic heterocycles. The van der Waals surface area contributed by atoms with Crippen LogP contribution in [0.3, 0.4) is 0 Å². The summed E-state index contributed by atoms with van der Waals surface area (Å²) in [5, 5.41) is 12.5. The van der Waals surface area contributed by atoms with E-state index in [1.165, 1.54) is 22.3 Å². The van der Waals surface area contributed by atoms with Crippen LogP contribution in [0, 0.1) is 5.92 Å². The summed E-state index contributed by atoms with van der Waals surface area (Å²) in [6, 6.07) is 16.5. The summed E-state index contributed by atoms with van der Waals surface area (Å²) in [7, 11) is 0. The lowest BCUT2D eigenvalue weighted by atomic mass is 9.97. The molecule has 0 spiro atoms. The lowest BCUT2D eigenvalue weighted by Crippen LogP contribution is -2.51. The number of aliphatic hydroxyl groups excluding tert-OH is 1. The molecule has 0 heterocycles. The van der Waals surface area contributed by atoms with E-state index in [9.17, 15) is 9.90 Å². The van der Waals surface area contributed by atoms with Crippen molar-refractivity contribution >= 4 is 6.09 Å². The van der Waals surface area contributed by atoms with E-state index in [2.05, 4.69) is 29.6 Å². The van der Waals surface area contributed by atoms with E-state index in [4.69, 9.17) is 4.74 Å². The van der Waals surface area contributed by atoms with Crippen LogP contribution in [0.25, 0.3) is 11.1 Å². The van der Waals surface area contributed by atoms with Crippen molar-refractivity contribution in [2.45, 2.75) is 31.2 Å². The first-order valence-corrected chi connectivity index (χ1v) is 8.86. The summed E-state index contributed by atoms with van der Waals surface area (Å²) >= 11 is 0. The maximum absolute atomic E-state index is 12.3. The van der Waals surface area contributed by atoms with E-state index >= 15 is 0 Å². The number of hydrogen-bond donors (Lipinski definition) is 2. The van der Waals surface area contributed by atoms with Gasteiger partial charge in [0.2, 0.25) is 0 Å². The Hall–Kier alpha value is -2.33. The predicted octanol–water partition coefficient (Wildman–Crippen LogP) is 3.69. The van der Waals surface area contributed by atoms with Crippen LogP contribution in [-0.4, -0.2) is 30.0 Å². The molecule has 2 aromatic carbocycles. The Labute approximate surface area is 147 Å². The van der Waals surface area contributed by atoms with Gasteiger partial charge in [-0.2, -0.15) is 0 Å². The third-order valence-electron chi connectivity index (χ3n) is 5.54. The molecule has 0 aliphatic heterocycles. The van der Waals surface area contributed by atoms with Gasteiger partial charge in [-0.25, -0.2) is 4.79 Å². The fourth-order valence-corrected chi connectivity index (χ4v) is 3.86. The first kappa shape index (κ1) is 16.2. The highest BCUT2D eigenvalue weighted by molar-refractivity contribution is 5.79. The Kier molecular flexibility index (Phi) is 4.00. The summed E-state index contributed by atoms with van der Waals surface area (Å²) in [4.78, 5) is 12.3. The van der Waals surface area contributed by atoms with Crippen LogP contribution in [0.4, 0.5) is 4.79 Å². The number of carbonyl (C=O) groups is 1. The molecule has 2 aliphatic carbocycles. The minimum atomic E-state index is -0.581. The van der Waals surface area contributed by atoms with Crippen LogP contribution in [0.5, 0.6) is 0 Å². The van der Waals surface area contributed by atoms with Crippen molar-refractivity contribution in [1.29, 1.82) is 0 Å². The van der Waals surface area contributed by atoms with Crippen molar-refractivity contribution in [2.75, 3.05) is 13.2 Å². The number of nitrogens with one attached hydrogen (secondary N) is 1. The zero-order valence-corrected chi connectivity index (χ0v) is 14.4. The second-order valence-electron chi connectivity index (χ2n) is 7.30. The number of hydrogen-bond acceptors (Lipinski definition) is 3. The smallest absolute Gasteiger partial charge is 0.407 e. The van der Waals surface area contributed by atoms with Gasteiger partial charge >= 0.3 is 6.09 Å². The Morgan fingerprint density at radius 1 is 1.12 bits per heavy atom. The molecule has 0 radical (unpaired) electrons. The minimum absolute atomic E-state index is 0.0551. The average Bonchev–Trinajstić information content (AvgIpc) is 3.44. The summed E-state index contributed by atoms with van der Waals surface area (Å²) in [6.07, 6.45) is 1.63. The Morgan fingerprint density at radius 2 is 1.68 bits per heavy atom. The van der Waals surface area contributed by atoms with Crippen LogP contribution >= 0.6 is 0 Å². The number of alkyl carbamates (subject to hydrolysis) is 1. The standard InChI is InChI=1S/C21H23NO3/c1-21(13-23,14-10-11-14)22-20(24)25-12-19-17-8-4-2-6-15(17)16-7-3-5-9-18(16)19/h2-9,14,19,23H,10-13H2,1H3,(H,22,24). The summed E-state index contributed by atoms with van der Waals surface area (Å²) < 4.78 is 5.55. The van der Waals surface area contributed by atoms with Gasteiger partial charge in [0, 0.05) is 5.92 Å². The molecular formula is C21H23NO3. The number of aliphatic hydroxyl groups is 1. The Morgan fingerprint density at radius 3 is 2.20 bits per heavy atom. The molecule has 2 aliphatic rings. The van der Waals surface area contributed by atoms with E-state index in [0.717, 1.165) is 12.8 Å². The lowest BCUT2D eigenvalue weighted by molar-refractivity contribution is 0.107. The predicted molar refractivity (Wildman–Crippen MR) is 96.4 cm³/mol. The fraction of sp³-hybridized carbons (Fsp3) is 0.381. The van der Waals surface area contributed by atoms with Gasteiger partial charge in [0.25, 0.3) is 0 Å². The van der Waals surface area contributed by atoms with Crippen molar-refractivity contribution in [3.63, 3.8) is 0 Å². The third-order valence-corrected chi connectivity index (χ3v) is 5.54. The van der Waals surface area contributed by atoms with Crippen LogP contribution in [0.2, 0.25) is 0 Å². The molecule has 25 heavy (non-hydrogen) atoms. The number of carbonyl (C=O) groups excluding carboxylic acids is 1. The van der Waals surface area contributed by atoms with Gasteiger partial charge in [-0.1, -0.05) is 48.5 Å². The second kappa shape index (κ2) is 6.19. The van der Waals surface area contributed by atoms with E-state index in [1.807, 2.05) is 31.2 Å². The molecule has 1 atom stereocenters. The zero-order chi connectivity index (χ0) is 17.4. The number of fused-ring (bicyclic) bond motifs is 3. The number of amides is 1. The van der Waals surface area contributed by atoms with Crippen molar-refractivity contribution in [3.8, 4) is 11.1 Å². The lowest BCUT2D eigenvalue weighted by Gasteiger charge is -2.28. The van der Waals surface area contributed by atoms with E-state index in [1.54, 1.807) is 0 Å². The molecule has 0 saturated heterocycles. The van der Waals surface area contributed by atoms with Crippen LogP contribution in [0.1, 0.15) is 36.8 Å². The topological polar surface area (TPSA) is 58.6 Å². The van der Waals surface area contributed by atoms with Crippen molar-refractivity contribution in [3.05, 3.63) is 59.7 Å². The first-order valence-electron chi connectivity index (χ1n) is 8.86. The van der Waals surface area contributed by atoms with E-state index < -0.39 is 11.6 Å². The van der Waals surface area contributed by atoms with Crippen LogP contribution in [-0.2, 0) is 4.74 Å². The van der Waals surface area contributed by atoms with Gasteiger partial charge < -0.3 is 15.2 Å². The molecule has 1 amide bonds. The normalized spacial score (nSPS) is 18.2. The van der Waals surface area contributed by atoms with E-state index in [-0.39, 0.29) is 12.5 Å². The highest BCUT2D eigenvalue weighted by Crippen LogP contribution is 2.44. The van der Waals surface area contributed by atoms with Crippen LogP contribution in [0.15, 0.2) is 48.5 Å². The molecule has 4 nitrogen and oxygen atoms in total. The minimum Gasteiger partial charge on any atom is -0.449 e. The summed E-state index contributed by atoms with van der Waals surface area (Å²) in [5.74, 6) is 0.400. The fourth-order valence-electron chi connectivity index (χ4n) is 3.86. The SMILES string of the molecule is CC(CO)(NC(=O)OCC1c2ccccc2-c2ccccc21)C1CC1. The van der Waals surface area contributed by atoms with Gasteiger partial charge in [0.1, 0.15) is 6.61 Å². The third kappa shape index (κ3) is 2.91. The monoisotopic (exact) mass is 337 g/mol. The van der Waals surface area contributed by atoms with Gasteiger partial charge in [-0.15, -0.1) is 0 Å². The van der Waals surface area contributed by atoms with E-state index in [0.29, 0.717) is 12.5 Å². The molecule has 1 saturated carbocycles. The molecule has 1 unspecified atom stereocenters. The van der Waals surface area contributed by atoms with Crippen molar-refractivity contribution < 1.29 is 14.6 Å². The van der Waals surface area contributed by atoms with Crippen molar-refractivity contribution in [2.24, 2.45) is 5.92 Å². The zero-order valence-electron chi connectivity index (χ0n) is 14.4. The molecule has 0 bridgehead atoms. The number of ether oxygens (including phenoxy) is 1. The van der Waals surface area contributed by atoms with Gasteiger partial charge in [-0.3, -0.25) is 0 Å². The van der Waals surface area contributed by atoms with Crippen molar-refractivity contribution in [1.82, 2.24) is 5.32 Å². The average molecular weight is 337 g/mol. The molecule has 2 N–H and O–H groups in total. The summed E-state index contributed by atoms with van der Waals surface area (Å²) in [5.41, 5.74) is 4.24. The molecule has 4 rings (SSSR count). The Bertz CT molecular complexity index is 754. The molecule has 1 fully saturated rings. The molecule has 4 heteroatoms. The van der Waals surface area contributed by atoms with Crippen LogP contribution < -0.4 is 5.32 Å². The maximum atomic E-state index is 12.3. The Balaban J connectivity index is 1.49. The highest BCUT2D eigenvalue weighted by Gasteiger charge is 2.42. The number of rotatable bonds is 5. The largest absolute Gasteiger partial charge is 0.449 e. The maximum Gasteiger partial charge on any atom is 0.407 e. The quantitative estimate of drug-likeness (QED) is 0.875. The summed E-state index contributed by atoms with van der Waals surface area (Å²) in [6.45, 7) is 2.11. The number of benzene rings is 2. The van der Waals surface area contributed by atoms with Gasteiger partial charge in [0.15, 0.2) is 0 Å². The highest BCUT2D eigenvalue weighted by atomic mass is 16.5.